The first-order chi connectivity index (χ1) is 18.8. The van der Waals surface area contributed by atoms with Crippen LogP contribution in [0.1, 0.15) is 33.3 Å². The van der Waals surface area contributed by atoms with Crippen LogP contribution in [-0.4, -0.2) is 74.4 Å². The van der Waals surface area contributed by atoms with Crippen molar-refractivity contribution in [2.24, 2.45) is 0 Å². The average molecular weight is 578 g/mol. The first-order valence-electron chi connectivity index (χ1n) is 12.2. The van der Waals surface area contributed by atoms with Crippen LogP contribution >= 0.6 is 0 Å². The highest BCUT2D eigenvalue weighted by atomic mass is 32.2. The molecule has 0 unspecified atom stereocenters. The van der Waals surface area contributed by atoms with E-state index < -0.39 is 33.6 Å². The minimum atomic E-state index is -4.65. The van der Waals surface area contributed by atoms with Crippen LogP contribution in [0.15, 0.2) is 54.6 Å². The molecular weight excluding hydrogens is 551 g/mol. The van der Waals surface area contributed by atoms with Gasteiger partial charge in [0.05, 0.1) is 18.4 Å². The van der Waals surface area contributed by atoms with E-state index in [1.165, 1.54) is 23.1 Å². The van der Waals surface area contributed by atoms with Crippen molar-refractivity contribution in [3.8, 4) is 16.9 Å². The third-order valence-electron chi connectivity index (χ3n) is 6.04. The van der Waals surface area contributed by atoms with E-state index in [4.69, 9.17) is 4.74 Å². The third-order valence-corrected chi connectivity index (χ3v) is 6.59. The van der Waals surface area contributed by atoms with E-state index in [-0.39, 0.29) is 29.9 Å². The normalized spacial score (nSPS) is 14.1. The number of anilines is 1. The van der Waals surface area contributed by atoms with Crippen LogP contribution in [-0.2, 0) is 16.2 Å². The van der Waals surface area contributed by atoms with Crippen molar-refractivity contribution in [2.75, 3.05) is 43.9 Å². The van der Waals surface area contributed by atoms with E-state index in [0.29, 0.717) is 36.8 Å². The lowest BCUT2D eigenvalue weighted by atomic mass is 9.98. The van der Waals surface area contributed by atoms with Crippen molar-refractivity contribution in [2.45, 2.75) is 13.1 Å². The lowest BCUT2D eigenvalue weighted by molar-refractivity contribution is -0.137. The second kappa shape index (κ2) is 11.5. The SMILES string of the molecule is CCOc1cccc(-c2cc(C(=O)N3CCN(c4ccc(C(=O)NS(C)(=O)=O)nn4)CC3)cc(C(F)(F)F)c2)c1. The molecule has 0 bridgehead atoms. The quantitative estimate of drug-likeness (QED) is 0.455. The number of rotatable bonds is 7. The first-order valence-corrected chi connectivity index (χ1v) is 14.1. The number of carbonyl (C=O) groups is 2. The lowest BCUT2D eigenvalue weighted by Gasteiger charge is -2.35. The second-order valence-corrected chi connectivity index (χ2v) is 10.8. The summed E-state index contributed by atoms with van der Waals surface area (Å²) in [6.07, 6.45) is -3.81. The van der Waals surface area contributed by atoms with Gasteiger partial charge in [0.25, 0.3) is 11.8 Å². The molecule has 4 rings (SSSR count). The van der Waals surface area contributed by atoms with Crippen molar-refractivity contribution >= 4 is 27.7 Å². The molecule has 0 radical (unpaired) electrons. The summed E-state index contributed by atoms with van der Waals surface area (Å²) in [6.45, 7) is 3.26. The van der Waals surface area contributed by atoms with Gasteiger partial charge in [-0.15, -0.1) is 10.2 Å². The number of benzene rings is 2. The average Bonchev–Trinajstić information content (AvgIpc) is 2.91. The standard InChI is InChI=1S/C26H26F3N5O5S/c1-3-39-21-6-4-5-17(16-21)18-13-19(15-20(14-18)26(27,28)29)25(36)34-11-9-33(10-12-34)23-8-7-22(30-31-23)24(35)32-40(2,37)38/h4-8,13-16H,3,9-12H2,1-2H3,(H,32,35). The monoisotopic (exact) mass is 577 g/mol. The Bertz CT molecular complexity index is 1510. The number of alkyl halides is 3. The first kappa shape index (κ1) is 28.8. The molecule has 0 saturated carbocycles. The number of nitrogens with one attached hydrogen (secondary N) is 1. The van der Waals surface area contributed by atoms with Crippen LogP contribution in [0.3, 0.4) is 0 Å². The van der Waals surface area contributed by atoms with Gasteiger partial charge < -0.3 is 14.5 Å². The number of aromatic nitrogens is 2. The maximum Gasteiger partial charge on any atom is 0.416 e. The van der Waals surface area contributed by atoms with Gasteiger partial charge in [-0.25, -0.2) is 13.1 Å². The molecule has 40 heavy (non-hydrogen) atoms. The van der Waals surface area contributed by atoms with Gasteiger partial charge in [-0.3, -0.25) is 9.59 Å². The molecule has 1 aromatic heterocycles. The fourth-order valence-corrected chi connectivity index (χ4v) is 4.61. The van der Waals surface area contributed by atoms with E-state index >= 15 is 0 Å². The fraction of sp³-hybridized carbons (Fsp3) is 0.308. The molecule has 0 atom stereocenters. The Morgan fingerprint density at radius 3 is 2.30 bits per heavy atom. The van der Waals surface area contributed by atoms with Crippen LogP contribution in [0, 0.1) is 0 Å². The number of sulfonamides is 1. The van der Waals surface area contributed by atoms with Crippen LogP contribution in [0.4, 0.5) is 19.0 Å². The largest absolute Gasteiger partial charge is 0.494 e. The Hall–Kier alpha value is -4.20. The Balaban J connectivity index is 1.49. The maximum absolute atomic E-state index is 13.7. The van der Waals surface area contributed by atoms with E-state index in [0.717, 1.165) is 18.4 Å². The Morgan fingerprint density at radius 2 is 1.70 bits per heavy atom. The summed E-state index contributed by atoms with van der Waals surface area (Å²) < 4.78 is 71.0. The van der Waals surface area contributed by atoms with Gasteiger partial charge >= 0.3 is 6.18 Å². The van der Waals surface area contributed by atoms with Crippen molar-refractivity contribution in [1.29, 1.82) is 0 Å². The molecule has 14 heteroatoms. The summed E-state index contributed by atoms with van der Waals surface area (Å²) in [4.78, 5) is 28.5. The van der Waals surface area contributed by atoms with Crippen LogP contribution < -0.4 is 14.4 Å². The van der Waals surface area contributed by atoms with Crippen molar-refractivity contribution in [3.63, 3.8) is 0 Å². The number of hydrogen-bond acceptors (Lipinski definition) is 8. The van der Waals surface area contributed by atoms with E-state index in [1.807, 2.05) is 0 Å². The number of halogens is 3. The molecule has 3 aromatic rings. The maximum atomic E-state index is 13.7. The minimum Gasteiger partial charge on any atom is -0.494 e. The van der Waals surface area contributed by atoms with Gasteiger partial charge in [-0.05, 0) is 60.5 Å². The summed E-state index contributed by atoms with van der Waals surface area (Å²) in [6, 6.07) is 12.8. The number of amides is 2. The van der Waals surface area contributed by atoms with Crippen LogP contribution in [0.5, 0.6) is 5.75 Å². The highest BCUT2D eigenvalue weighted by molar-refractivity contribution is 7.89. The molecule has 2 amide bonds. The molecule has 1 aliphatic heterocycles. The zero-order chi connectivity index (χ0) is 29.1. The van der Waals surface area contributed by atoms with Gasteiger partial charge in [0.2, 0.25) is 10.0 Å². The summed E-state index contributed by atoms with van der Waals surface area (Å²) >= 11 is 0. The van der Waals surface area contributed by atoms with E-state index in [1.54, 1.807) is 40.8 Å². The Labute approximate surface area is 228 Å². The molecule has 0 aliphatic carbocycles. The van der Waals surface area contributed by atoms with Crippen LogP contribution in [0.2, 0.25) is 0 Å². The molecular formula is C26H26F3N5O5S. The van der Waals surface area contributed by atoms with Gasteiger partial charge in [0.1, 0.15) is 5.75 Å². The number of hydrogen-bond donors (Lipinski definition) is 1. The van der Waals surface area contributed by atoms with Gasteiger partial charge in [-0.2, -0.15) is 13.2 Å². The summed E-state index contributed by atoms with van der Waals surface area (Å²) in [7, 11) is -3.76. The summed E-state index contributed by atoms with van der Waals surface area (Å²) in [5, 5.41) is 7.73. The van der Waals surface area contributed by atoms with Gasteiger partial charge in [-0.1, -0.05) is 12.1 Å². The molecule has 1 aliphatic rings. The van der Waals surface area contributed by atoms with Gasteiger partial charge in [0, 0.05) is 31.7 Å². The zero-order valence-corrected chi connectivity index (χ0v) is 22.4. The Kier molecular flexibility index (Phi) is 8.28. The predicted octanol–water partition coefficient (Wildman–Crippen LogP) is 3.21. The highest BCUT2D eigenvalue weighted by Gasteiger charge is 2.33. The van der Waals surface area contributed by atoms with Crippen LogP contribution in [0.25, 0.3) is 11.1 Å². The zero-order valence-electron chi connectivity index (χ0n) is 21.6. The number of nitrogens with zero attached hydrogens (tertiary/aromatic N) is 4. The molecule has 2 aromatic carbocycles. The van der Waals surface area contributed by atoms with Crippen molar-refractivity contribution < 1.29 is 35.9 Å². The Morgan fingerprint density at radius 1 is 0.975 bits per heavy atom. The number of ether oxygens (including phenoxy) is 1. The molecule has 0 spiro atoms. The topological polar surface area (TPSA) is 122 Å². The fourth-order valence-electron chi connectivity index (χ4n) is 4.17. The lowest BCUT2D eigenvalue weighted by Crippen LogP contribution is -2.49. The van der Waals surface area contributed by atoms with Crippen molar-refractivity contribution in [3.05, 3.63) is 71.4 Å². The molecule has 2 heterocycles. The number of piperazine rings is 1. The summed E-state index contributed by atoms with van der Waals surface area (Å²) in [5.74, 6) is -0.541. The molecule has 1 saturated heterocycles. The minimum absolute atomic E-state index is 0.0823. The smallest absolute Gasteiger partial charge is 0.416 e. The molecule has 10 nitrogen and oxygen atoms in total. The van der Waals surface area contributed by atoms with E-state index in [2.05, 4.69) is 10.2 Å². The van der Waals surface area contributed by atoms with E-state index in [9.17, 15) is 31.2 Å². The van der Waals surface area contributed by atoms with Crippen molar-refractivity contribution in [1.82, 2.24) is 19.8 Å². The summed E-state index contributed by atoms with van der Waals surface area (Å²) in [5.41, 5.74) is -0.461. The molecule has 1 fully saturated rings. The highest BCUT2D eigenvalue weighted by Crippen LogP contribution is 2.35. The predicted molar refractivity (Wildman–Crippen MR) is 141 cm³/mol. The third kappa shape index (κ3) is 7.05. The second-order valence-electron chi connectivity index (χ2n) is 9.02. The molecule has 1 N–H and O–H groups in total. The van der Waals surface area contributed by atoms with Gasteiger partial charge in [0.15, 0.2) is 11.5 Å². The number of carbonyl (C=O) groups excluding carboxylic acids is 2. The molecule has 212 valence electrons.